The maximum atomic E-state index is 13.7. The van der Waals surface area contributed by atoms with E-state index in [1.165, 1.54) is 6.07 Å². The van der Waals surface area contributed by atoms with Gasteiger partial charge in [0.1, 0.15) is 11.3 Å². The van der Waals surface area contributed by atoms with Crippen LogP contribution in [0.25, 0.3) is 11.2 Å². The Labute approximate surface area is 188 Å². The molecule has 2 atom stereocenters. The molecule has 0 radical (unpaired) electrons. The van der Waals surface area contributed by atoms with Gasteiger partial charge in [0.05, 0.1) is 18.7 Å². The van der Waals surface area contributed by atoms with Crippen molar-refractivity contribution < 1.29 is 18.7 Å². The first-order valence-corrected chi connectivity index (χ1v) is 10.8. The number of halogens is 2. The number of aryl methyl sites for hydroxylation is 1. The van der Waals surface area contributed by atoms with Crippen LogP contribution in [-0.4, -0.2) is 31.7 Å². The summed E-state index contributed by atoms with van der Waals surface area (Å²) in [5.74, 6) is -1.40. The van der Waals surface area contributed by atoms with Crippen LogP contribution in [0.1, 0.15) is 35.0 Å². The molecule has 4 aromatic rings. The Morgan fingerprint density at radius 3 is 2.82 bits per heavy atom. The van der Waals surface area contributed by atoms with Crippen molar-refractivity contribution in [1.82, 2.24) is 19.9 Å². The molecule has 2 N–H and O–H groups in total. The van der Waals surface area contributed by atoms with Gasteiger partial charge >= 0.3 is 0 Å². The quantitative estimate of drug-likeness (QED) is 0.474. The Hall–Kier alpha value is -3.65. The molecule has 0 spiro atoms. The summed E-state index contributed by atoms with van der Waals surface area (Å²) in [6, 6.07) is 14.6. The number of hydrogen-bond acceptors (Lipinski definition) is 4. The van der Waals surface area contributed by atoms with Gasteiger partial charge < -0.3 is 15.0 Å². The van der Waals surface area contributed by atoms with Gasteiger partial charge in [0, 0.05) is 25.5 Å². The molecule has 2 aromatic heterocycles. The van der Waals surface area contributed by atoms with Crippen LogP contribution in [0.2, 0.25) is 0 Å². The average Bonchev–Trinajstić information content (AvgIpc) is 3.32. The monoisotopic (exact) mass is 448 g/mol. The van der Waals surface area contributed by atoms with E-state index >= 15 is 0 Å². The number of hydrogen-bond donors (Lipinski definition) is 2. The van der Waals surface area contributed by atoms with E-state index in [4.69, 9.17) is 0 Å². The number of aliphatic hydroxyl groups is 1. The molecule has 0 unspecified atom stereocenters. The van der Waals surface area contributed by atoms with Crippen molar-refractivity contribution in [2.75, 3.05) is 0 Å². The van der Waals surface area contributed by atoms with Crippen LogP contribution in [0.3, 0.4) is 0 Å². The molecule has 1 amide bonds. The van der Waals surface area contributed by atoms with Crippen molar-refractivity contribution in [2.45, 2.75) is 38.0 Å². The summed E-state index contributed by atoms with van der Waals surface area (Å²) in [6.07, 6.45) is 1.98. The van der Waals surface area contributed by atoms with Gasteiger partial charge in [-0.3, -0.25) is 4.79 Å². The van der Waals surface area contributed by atoms with E-state index in [1.807, 2.05) is 34.9 Å². The van der Waals surface area contributed by atoms with Gasteiger partial charge in [-0.2, -0.15) is 0 Å². The van der Waals surface area contributed by atoms with Crippen molar-refractivity contribution in [3.8, 4) is 0 Å². The minimum absolute atomic E-state index is 0.159. The van der Waals surface area contributed by atoms with Crippen molar-refractivity contribution in [3.63, 3.8) is 0 Å². The molecule has 8 heteroatoms. The zero-order valence-electron chi connectivity index (χ0n) is 17.7. The average molecular weight is 448 g/mol. The van der Waals surface area contributed by atoms with Gasteiger partial charge in [0.25, 0.3) is 0 Å². The maximum Gasteiger partial charge on any atom is 0.221 e. The lowest BCUT2D eigenvalue weighted by atomic mass is 10.1. The second-order valence-electron chi connectivity index (χ2n) is 8.22. The van der Waals surface area contributed by atoms with Gasteiger partial charge in [-0.1, -0.05) is 30.3 Å². The van der Waals surface area contributed by atoms with Gasteiger partial charge in [0.2, 0.25) is 5.91 Å². The zero-order chi connectivity index (χ0) is 22.9. The largest absolute Gasteiger partial charge is 0.390 e. The minimum atomic E-state index is -0.916. The number of carbonyl (C=O) groups is 1. The summed E-state index contributed by atoms with van der Waals surface area (Å²) < 4.78 is 28.9. The summed E-state index contributed by atoms with van der Waals surface area (Å²) in [5, 5.41) is 13.3. The molecule has 5 rings (SSSR count). The van der Waals surface area contributed by atoms with E-state index in [0.29, 0.717) is 35.4 Å². The topological polar surface area (TPSA) is 80.0 Å². The predicted octanol–water partition coefficient (Wildman–Crippen LogP) is 3.46. The number of benzene rings is 2. The third kappa shape index (κ3) is 4.21. The molecule has 0 aliphatic heterocycles. The van der Waals surface area contributed by atoms with E-state index < -0.39 is 23.8 Å². The number of nitrogens with zero attached hydrogens (tertiary/aromatic N) is 3. The number of amides is 1. The maximum absolute atomic E-state index is 13.7. The normalized spacial score (nSPS) is 17.3. The second kappa shape index (κ2) is 8.71. The number of aromatic nitrogens is 3. The van der Waals surface area contributed by atoms with Crippen LogP contribution in [0, 0.1) is 11.6 Å². The number of rotatable bonds is 6. The smallest absolute Gasteiger partial charge is 0.221 e. The first-order chi connectivity index (χ1) is 16.0. The molecule has 0 saturated heterocycles. The van der Waals surface area contributed by atoms with Gasteiger partial charge in [0.15, 0.2) is 17.3 Å². The van der Waals surface area contributed by atoms with E-state index in [9.17, 15) is 18.7 Å². The lowest BCUT2D eigenvalue weighted by Crippen LogP contribution is -2.34. The number of imidazole rings is 1. The third-order valence-corrected chi connectivity index (χ3v) is 6.00. The summed E-state index contributed by atoms with van der Waals surface area (Å²) in [5.41, 5.74) is 3.81. The molecule has 2 heterocycles. The van der Waals surface area contributed by atoms with E-state index in [0.717, 1.165) is 23.3 Å². The number of nitrogens with one attached hydrogen (secondary N) is 1. The third-order valence-electron chi connectivity index (χ3n) is 6.00. The van der Waals surface area contributed by atoms with Gasteiger partial charge in [-0.05, 0) is 41.0 Å². The molecule has 0 saturated carbocycles. The Bertz CT molecular complexity index is 1340. The van der Waals surface area contributed by atoms with Crippen molar-refractivity contribution in [3.05, 3.63) is 94.9 Å². The Morgan fingerprint density at radius 1 is 1.12 bits per heavy atom. The molecular formula is C25H22F2N4O2. The molecule has 0 bridgehead atoms. The highest BCUT2D eigenvalue weighted by molar-refractivity contribution is 5.77. The lowest BCUT2D eigenvalue weighted by Gasteiger charge is -2.18. The molecule has 1 aliphatic rings. The summed E-state index contributed by atoms with van der Waals surface area (Å²) in [7, 11) is 0. The van der Waals surface area contributed by atoms with Crippen molar-refractivity contribution in [1.29, 1.82) is 0 Å². The molecule has 6 nitrogen and oxygen atoms in total. The van der Waals surface area contributed by atoms with E-state index in [-0.39, 0.29) is 18.9 Å². The molecular weight excluding hydrogens is 426 g/mol. The molecule has 0 fully saturated rings. The SMILES string of the molecule is O=C(CCc1nc2cccnc2n1Cc1ccc(F)c(F)c1)N[C@@H]1c2ccccc2C[C@@H]1O. The molecule has 168 valence electrons. The molecule has 2 aromatic carbocycles. The second-order valence-corrected chi connectivity index (χ2v) is 8.22. The van der Waals surface area contributed by atoms with E-state index in [2.05, 4.69) is 15.3 Å². The summed E-state index contributed by atoms with van der Waals surface area (Å²) in [4.78, 5) is 21.7. The highest BCUT2D eigenvalue weighted by atomic mass is 19.2. The number of fused-ring (bicyclic) bond motifs is 2. The minimum Gasteiger partial charge on any atom is -0.390 e. The standard InChI is InChI=1S/C25H22F2N4O2/c26-18-8-7-15(12-19(18)27)14-31-22(29-20-6-3-11-28-25(20)31)9-10-23(33)30-24-17-5-2-1-4-16(17)13-21(24)32/h1-8,11-12,21,24,32H,9-10,13-14H2,(H,30,33)/t21-,24+/m0/s1. The van der Waals surface area contributed by atoms with Crippen LogP contribution in [0.15, 0.2) is 60.8 Å². The van der Waals surface area contributed by atoms with E-state index in [1.54, 1.807) is 12.3 Å². The highest BCUT2D eigenvalue weighted by Gasteiger charge is 2.31. The first kappa shape index (κ1) is 21.2. The van der Waals surface area contributed by atoms with Gasteiger partial charge in [-0.25, -0.2) is 18.7 Å². The Balaban J connectivity index is 1.34. The predicted molar refractivity (Wildman–Crippen MR) is 118 cm³/mol. The Morgan fingerprint density at radius 2 is 1.97 bits per heavy atom. The Kier molecular flexibility index (Phi) is 5.60. The molecule has 1 aliphatic carbocycles. The number of pyridine rings is 1. The number of aliphatic hydroxyl groups excluding tert-OH is 1. The van der Waals surface area contributed by atoms with Crippen LogP contribution < -0.4 is 5.32 Å². The van der Waals surface area contributed by atoms with Gasteiger partial charge in [-0.15, -0.1) is 0 Å². The fourth-order valence-corrected chi connectivity index (χ4v) is 4.40. The fourth-order valence-electron chi connectivity index (χ4n) is 4.40. The van der Waals surface area contributed by atoms with Crippen LogP contribution in [0.5, 0.6) is 0 Å². The summed E-state index contributed by atoms with van der Waals surface area (Å²) in [6.45, 7) is 0.246. The van der Waals surface area contributed by atoms with Crippen LogP contribution in [-0.2, 0) is 24.2 Å². The number of carbonyl (C=O) groups excluding carboxylic acids is 1. The van der Waals surface area contributed by atoms with Crippen molar-refractivity contribution in [2.24, 2.45) is 0 Å². The highest BCUT2D eigenvalue weighted by Crippen LogP contribution is 2.31. The first-order valence-electron chi connectivity index (χ1n) is 10.8. The van der Waals surface area contributed by atoms with Crippen molar-refractivity contribution >= 4 is 17.1 Å². The molecule has 33 heavy (non-hydrogen) atoms. The van der Waals surface area contributed by atoms with Crippen LogP contribution in [0.4, 0.5) is 8.78 Å². The van der Waals surface area contributed by atoms with Crippen LogP contribution >= 0.6 is 0 Å². The lowest BCUT2D eigenvalue weighted by molar-refractivity contribution is -0.122. The zero-order valence-corrected chi connectivity index (χ0v) is 17.7. The fraction of sp³-hybridized carbons (Fsp3) is 0.240. The summed E-state index contributed by atoms with van der Waals surface area (Å²) >= 11 is 0.